The van der Waals surface area contributed by atoms with Crippen LogP contribution in [0.15, 0.2) is 36.0 Å². The van der Waals surface area contributed by atoms with E-state index in [1.807, 2.05) is 32.3 Å². The first-order valence-electron chi connectivity index (χ1n) is 15.0. The van der Waals surface area contributed by atoms with Crippen LogP contribution in [0.4, 0.5) is 4.79 Å². The van der Waals surface area contributed by atoms with E-state index in [9.17, 15) is 19.5 Å². The molecule has 0 bridgehead atoms. The summed E-state index contributed by atoms with van der Waals surface area (Å²) in [5.41, 5.74) is 5.70. The number of primary amides is 1. The van der Waals surface area contributed by atoms with Gasteiger partial charge in [-0.15, -0.1) is 0 Å². The van der Waals surface area contributed by atoms with Gasteiger partial charge in [0.2, 0.25) is 11.8 Å². The van der Waals surface area contributed by atoms with Gasteiger partial charge < -0.3 is 40.0 Å². The number of allylic oxidation sites excluding steroid dienone is 2. The minimum atomic E-state index is -0.806. The summed E-state index contributed by atoms with van der Waals surface area (Å²) in [6.45, 7) is 8.81. The molecule has 0 saturated carbocycles. The van der Waals surface area contributed by atoms with Crippen molar-refractivity contribution in [1.82, 2.24) is 10.2 Å². The number of carbonyl (C=O) groups is 3. The maximum absolute atomic E-state index is 12.6. The Balaban J connectivity index is 1.45. The van der Waals surface area contributed by atoms with Crippen LogP contribution >= 0.6 is 11.8 Å². The lowest BCUT2D eigenvalue weighted by Gasteiger charge is -2.39. The molecule has 11 nitrogen and oxygen atoms in total. The average molecular weight is 624 g/mol. The Labute approximate surface area is 259 Å². The van der Waals surface area contributed by atoms with E-state index in [-0.39, 0.29) is 42.6 Å². The van der Waals surface area contributed by atoms with Gasteiger partial charge in [0, 0.05) is 31.8 Å². The molecule has 0 aliphatic carbocycles. The number of thioether (sulfide) groups is 1. The molecule has 4 N–H and O–H groups in total. The van der Waals surface area contributed by atoms with Crippen LogP contribution in [-0.4, -0.2) is 108 Å². The minimum Gasteiger partial charge on any atom is -0.442 e. The summed E-state index contributed by atoms with van der Waals surface area (Å²) in [6, 6.07) is -0.140. The van der Waals surface area contributed by atoms with Crippen LogP contribution in [0.5, 0.6) is 0 Å². The second-order valence-corrected chi connectivity index (χ2v) is 13.0. The number of nitrogens with one attached hydrogen (secondary N) is 1. The molecule has 12 heteroatoms. The number of carbonyl (C=O) groups excluding carboxylic acids is 3. The molecule has 0 aromatic carbocycles. The van der Waals surface area contributed by atoms with Crippen molar-refractivity contribution in [3.05, 3.63) is 36.0 Å². The number of nitrogens with zero attached hydrogens (tertiary/aromatic N) is 1. The summed E-state index contributed by atoms with van der Waals surface area (Å²) in [5, 5.41) is 13.8. The van der Waals surface area contributed by atoms with Crippen LogP contribution in [0.1, 0.15) is 53.4 Å². The van der Waals surface area contributed by atoms with Crippen LogP contribution in [0, 0.1) is 5.92 Å². The molecule has 0 radical (unpaired) electrons. The Morgan fingerprint density at radius 1 is 1.26 bits per heavy atom. The fraction of sp³-hybridized carbons (Fsp3) is 0.710. The number of ether oxygens (including phenoxy) is 4. The zero-order chi connectivity index (χ0) is 31.7. The lowest BCUT2D eigenvalue weighted by Crippen LogP contribution is -2.50. The van der Waals surface area contributed by atoms with Crippen molar-refractivity contribution in [2.75, 3.05) is 32.2 Å². The SMILES string of the molecule is CSCCN(C)C(=O)OC(C)C=CC(=O)N[C@@H]1C[C@H](C)[C@H](C/C=C(C)/C=C/[C@H]2O[C@H](CC(N)=O)C[C@@]3(CO3)[C@@H]2O)O[C@@H]1C. The fourth-order valence-corrected chi connectivity index (χ4v) is 5.87. The van der Waals surface area contributed by atoms with E-state index in [1.165, 1.54) is 11.0 Å². The smallest absolute Gasteiger partial charge is 0.410 e. The zero-order valence-corrected chi connectivity index (χ0v) is 27.0. The Morgan fingerprint density at radius 2 is 1.98 bits per heavy atom. The molecule has 9 atom stereocenters. The van der Waals surface area contributed by atoms with E-state index < -0.39 is 35.9 Å². The van der Waals surface area contributed by atoms with Crippen LogP contribution in [0.3, 0.4) is 0 Å². The molecule has 3 saturated heterocycles. The van der Waals surface area contributed by atoms with Crippen LogP contribution in [-0.2, 0) is 28.5 Å². The standard InChI is InChI=1S/C31H49N3O8S/c1-19(8-11-26-29(37)31(18-39-31)17-23(42-26)16-27(32)35)7-10-25-20(2)15-24(22(4)41-25)33-28(36)12-9-21(3)40-30(38)34(5)13-14-43-6/h7-9,11-12,20-26,29,37H,10,13-18H2,1-6H3,(H2,32,35)(H,33,36)/b11-8+,12-9?,19-7+/t20-,21?,22+,23+,24+,25-,26+,29+,31+/m0/s1. The first-order valence-corrected chi connectivity index (χ1v) is 16.4. The summed E-state index contributed by atoms with van der Waals surface area (Å²) in [7, 11) is 1.69. The van der Waals surface area contributed by atoms with Gasteiger partial charge >= 0.3 is 6.09 Å². The minimum absolute atomic E-state index is 0.0100. The van der Waals surface area contributed by atoms with Crippen molar-refractivity contribution in [1.29, 1.82) is 0 Å². The number of nitrogens with two attached hydrogens (primary N) is 1. The molecule has 3 aliphatic heterocycles. The fourth-order valence-electron chi connectivity index (χ4n) is 5.42. The first-order chi connectivity index (χ1) is 20.3. The quantitative estimate of drug-likeness (QED) is 0.160. The number of epoxide rings is 1. The van der Waals surface area contributed by atoms with E-state index in [0.717, 1.165) is 17.7 Å². The average Bonchev–Trinajstić information content (AvgIpc) is 3.72. The predicted molar refractivity (Wildman–Crippen MR) is 165 cm³/mol. The molecule has 3 aliphatic rings. The highest BCUT2D eigenvalue weighted by molar-refractivity contribution is 7.98. The largest absolute Gasteiger partial charge is 0.442 e. The lowest BCUT2D eigenvalue weighted by molar-refractivity contribution is -0.143. The monoisotopic (exact) mass is 623 g/mol. The number of aliphatic hydroxyl groups is 1. The third-order valence-corrected chi connectivity index (χ3v) is 8.82. The highest BCUT2D eigenvalue weighted by Gasteiger charge is 2.58. The van der Waals surface area contributed by atoms with E-state index in [2.05, 4.69) is 18.3 Å². The lowest BCUT2D eigenvalue weighted by atomic mass is 9.87. The number of rotatable bonds is 13. The normalized spacial score (nSPS) is 33.5. The Kier molecular flexibility index (Phi) is 13.1. The summed E-state index contributed by atoms with van der Waals surface area (Å²) >= 11 is 1.65. The Bertz CT molecular complexity index is 1060. The Hall–Kier alpha value is -2.38. The van der Waals surface area contributed by atoms with Gasteiger partial charge in [-0.25, -0.2) is 4.79 Å². The molecule has 3 fully saturated rings. The summed E-state index contributed by atoms with van der Waals surface area (Å²) < 4.78 is 23.1. The molecule has 3 amide bonds. The Morgan fingerprint density at radius 3 is 2.63 bits per heavy atom. The molecule has 242 valence electrons. The molecule has 43 heavy (non-hydrogen) atoms. The van der Waals surface area contributed by atoms with E-state index in [1.54, 1.807) is 31.8 Å². The van der Waals surface area contributed by atoms with Gasteiger partial charge in [-0.05, 0) is 51.9 Å². The summed E-state index contributed by atoms with van der Waals surface area (Å²) in [5.74, 6) is 0.336. The second kappa shape index (κ2) is 16.1. The number of hydrogen-bond acceptors (Lipinski definition) is 9. The van der Waals surface area contributed by atoms with Gasteiger partial charge in [-0.1, -0.05) is 30.7 Å². The van der Waals surface area contributed by atoms with E-state index in [0.29, 0.717) is 26.0 Å². The maximum Gasteiger partial charge on any atom is 0.410 e. The highest BCUT2D eigenvalue weighted by Crippen LogP contribution is 2.43. The molecule has 1 unspecified atom stereocenters. The molecule has 3 heterocycles. The van der Waals surface area contributed by atoms with Crippen molar-refractivity contribution in [2.45, 2.75) is 102 Å². The van der Waals surface area contributed by atoms with Crippen molar-refractivity contribution < 1.29 is 38.4 Å². The van der Waals surface area contributed by atoms with Crippen LogP contribution in [0.25, 0.3) is 0 Å². The molecule has 1 spiro atoms. The van der Waals surface area contributed by atoms with Crippen LogP contribution in [0.2, 0.25) is 0 Å². The van der Waals surface area contributed by atoms with E-state index >= 15 is 0 Å². The van der Waals surface area contributed by atoms with E-state index in [4.69, 9.17) is 24.7 Å². The molecule has 3 rings (SSSR count). The van der Waals surface area contributed by atoms with Gasteiger partial charge in [0.25, 0.3) is 0 Å². The molecular formula is C31H49N3O8S. The van der Waals surface area contributed by atoms with Crippen molar-refractivity contribution in [2.24, 2.45) is 11.7 Å². The molecule has 0 aromatic heterocycles. The second-order valence-electron chi connectivity index (χ2n) is 12.0. The zero-order valence-electron chi connectivity index (χ0n) is 26.2. The predicted octanol–water partition coefficient (Wildman–Crippen LogP) is 2.72. The topological polar surface area (TPSA) is 153 Å². The van der Waals surface area contributed by atoms with Crippen molar-refractivity contribution in [3.63, 3.8) is 0 Å². The third-order valence-electron chi connectivity index (χ3n) is 8.23. The van der Waals surface area contributed by atoms with Crippen LogP contribution < -0.4 is 11.1 Å². The number of hydrogen-bond donors (Lipinski definition) is 3. The summed E-state index contributed by atoms with van der Waals surface area (Å²) in [6.07, 6.45) is 9.86. The number of aliphatic hydroxyl groups excluding tert-OH is 1. The van der Waals surface area contributed by atoms with Gasteiger partial charge in [0.1, 0.15) is 23.9 Å². The van der Waals surface area contributed by atoms with Gasteiger partial charge in [0.15, 0.2) is 0 Å². The highest BCUT2D eigenvalue weighted by atomic mass is 32.2. The van der Waals surface area contributed by atoms with Gasteiger partial charge in [0.05, 0.1) is 37.4 Å². The van der Waals surface area contributed by atoms with Crippen molar-refractivity contribution >= 4 is 29.7 Å². The third kappa shape index (κ3) is 10.6. The van der Waals surface area contributed by atoms with Gasteiger partial charge in [-0.3, -0.25) is 9.59 Å². The first kappa shape index (κ1) is 35.1. The maximum atomic E-state index is 12.6. The molecular weight excluding hydrogens is 574 g/mol. The summed E-state index contributed by atoms with van der Waals surface area (Å²) in [4.78, 5) is 37.6. The number of amides is 3. The molecule has 0 aromatic rings. The van der Waals surface area contributed by atoms with Gasteiger partial charge in [-0.2, -0.15) is 11.8 Å². The van der Waals surface area contributed by atoms with Crippen molar-refractivity contribution in [3.8, 4) is 0 Å².